The van der Waals surface area contributed by atoms with Crippen LogP contribution in [0.4, 0.5) is 5.82 Å². The normalized spacial score (nSPS) is 24.0. The van der Waals surface area contributed by atoms with Gasteiger partial charge in [0.05, 0.1) is 6.10 Å². The average Bonchev–Trinajstić information content (AvgIpc) is 2.70. The summed E-state index contributed by atoms with van der Waals surface area (Å²) < 4.78 is 5.11. The highest BCUT2D eigenvalue weighted by Crippen LogP contribution is 2.23. The van der Waals surface area contributed by atoms with E-state index in [0.29, 0.717) is 18.9 Å². The molecule has 1 aromatic heterocycles. The standard InChI is InChI=1S/C11H14N2O4/c1-17-9-6-13(5-8(9)14)10-7(11(15)16)3-2-4-12-10/h2-4,8-9,14H,5-6H2,1H3,(H,15,16)/t8-,9+/m1/s1. The minimum absolute atomic E-state index is 0.136. The molecule has 17 heavy (non-hydrogen) atoms. The number of aliphatic hydroxyl groups excluding tert-OH is 1. The number of rotatable bonds is 3. The first-order chi connectivity index (χ1) is 8.13. The number of carboxylic acid groups (broad SMARTS) is 1. The van der Waals surface area contributed by atoms with Crippen molar-refractivity contribution in [3.05, 3.63) is 23.9 Å². The molecule has 0 aromatic carbocycles. The van der Waals surface area contributed by atoms with Crippen molar-refractivity contribution >= 4 is 11.8 Å². The maximum absolute atomic E-state index is 11.1. The van der Waals surface area contributed by atoms with E-state index < -0.39 is 12.1 Å². The van der Waals surface area contributed by atoms with Crippen LogP contribution in [0.25, 0.3) is 0 Å². The lowest BCUT2D eigenvalue weighted by Gasteiger charge is -2.18. The fourth-order valence-electron chi connectivity index (χ4n) is 1.98. The summed E-state index contributed by atoms with van der Waals surface area (Å²) in [5.74, 6) is -0.651. The lowest BCUT2D eigenvalue weighted by Crippen LogP contribution is -2.25. The number of aromatic carboxylic acids is 1. The van der Waals surface area contributed by atoms with Gasteiger partial charge in [-0.15, -0.1) is 0 Å². The molecule has 6 nitrogen and oxygen atoms in total. The number of aliphatic hydroxyl groups is 1. The van der Waals surface area contributed by atoms with E-state index in [9.17, 15) is 9.90 Å². The molecule has 0 saturated carbocycles. The summed E-state index contributed by atoms with van der Waals surface area (Å²) in [5, 5.41) is 18.8. The summed E-state index contributed by atoms with van der Waals surface area (Å²) in [4.78, 5) is 16.8. The molecule has 1 aliphatic rings. The number of carboxylic acids is 1. The molecule has 1 aromatic rings. The molecule has 1 saturated heterocycles. The van der Waals surface area contributed by atoms with Gasteiger partial charge in [-0.05, 0) is 12.1 Å². The monoisotopic (exact) mass is 238 g/mol. The fraction of sp³-hybridized carbons (Fsp3) is 0.455. The van der Waals surface area contributed by atoms with Gasteiger partial charge in [0, 0.05) is 26.4 Å². The molecule has 0 radical (unpaired) electrons. The molecule has 0 unspecified atom stereocenters. The van der Waals surface area contributed by atoms with E-state index in [1.165, 1.54) is 19.4 Å². The number of nitrogens with zero attached hydrogens (tertiary/aromatic N) is 2. The molecule has 0 amide bonds. The van der Waals surface area contributed by atoms with E-state index in [1.54, 1.807) is 11.0 Å². The third-order valence-corrected chi connectivity index (χ3v) is 2.86. The minimum atomic E-state index is -1.02. The summed E-state index contributed by atoms with van der Waals surface area (Å²) in [6.45, 7) is 0.769. The highest BCUT2D eigenvalue weighted by Gasteiger charge is 2.33. The number of carbonyl (C=O) groups is 1. The molecule has 6 heteroatoms. The zero-order valence-electron chi connectivity index (χ0n) is 9.41. The summed E-state index contributed by atoms with van der Waals surface area (Å²) >= 11 is 0. The first-order valence-corrected chi connectivity index (χ1v) is 5.27. The Bertz CT molecular complexity index is 424. The van der Waals surface area contributed by atoms with Crippen molar-refractivity contribution in [2.45, 2.75) is 12.2 Å². The van der Waals surface area contributed by atoms with Crippen molar-refractivity contribution in [3.63, 3.8) is 0 Å². The highest BCUT2D eigenvalue weighted by molar-refractivity contribution is 5.93. The lowest BCUT2D eigenvalue weighted by atomic mass is 10.2. The Balaban J connectivity index is 2.27. The molecule has 2 N–H and O–H groups in total. The van der Waals surface area contributed by atoms with Crippen LogP contribution < -0.4 is 4.90 Å². The van der Waals surface area contributed by atoms with Crippen LogP contribution >= 0.6 is 0 Å². The predicted molar refractivity (Wildman–Crippen MR) is 60.2 cm³/mol. The molecule has 0 spiro atoms. The molecule has 1 fully saturated rings. The van der Waals surface area contributed by atoms with Crippen LogP contribution in [0.1, 0.15) is 10.4 Å². The quantitative estimate of drug-likeness (QED) is 0.769. The average molecular weight is 238 g/mol. The summed E-state index contributed by atoms with van der Waals surface area (Å²) in [7, 11) is 1.52. The Kier molecular flexibility index (Phi) is 3.26. The van der Waals surface area contributed by atoms with Crippen LogP contribution in [0.15, 0.2) is 18.3 Å². The Morgan fingerprint density at radius 1 is 1.59 bits per heavy atom. The fourth-order valence-corrected chi connectivity index (χ4v) is 1.98. The second-order valence-corrected chi connectivity index (χ2v) is 3.93. The first kappa shape index (κ1) is 11.8. The Morgan fingerprint density at radius 3 is 2.94 bits per heavy atom. The Labute approximate surface area is 98.5 Å². The third-order valence-electron chi connectivity index (χ3n) is 2.86. The van der Waals surface area contributed by atoms with Crippen LogP contribution in [0, 0.1) is 0 Å². The largest absolute Gasteiger partial charge is 0.478 e. The van der Waals surface area contributed by atoms with Gasteiger partial charge in [-0.2, -0.15) is 0 Å². The van der Waals surface area contributed by atoms with Gasteiger partial charge >= 0.3 is 5.97 Å². The molecular formula is C11H14N2O4. The zero-order valence-corrected chi connectivity index (χ0v) is 9.41. The van der Waals surface area contributed by atoms with Crippen LogP contribution in [0.5, 0.6) is 0 Å². The van der Waals surface area contributed by atoms with Crippen LogP contribution in [-0.2, 0) is 4.74 Å². The molecule has 2 rings (SSSR count). The van der Waals surface area contributed by atoms with Crippen molar-refractivity contribution < 1.29 is 19.7 Å². The van der Waals surface area contributed by atoms with Crippen molar-refractivity contribution in [2.75, 3.05) is 25.1 Å². The van der Waals surface area contributed by atoms with Gasteiger partial charge in [0.1, 0.15) is 17.5 Å². The highest BCUT2D eigenvalue weighted by atomic mass is 16.5. The number of ether oxygens (including phenoxy) is 1. The van der Waals surface area contributed by atoms with Gasteiger partial charge in [-0.25, -0.2) is 9.78 Å². The second kappa shape index (κ2) is 4.68. The van der Waals surface area contributed by atoms with E-state index in [-0.39, 0.29) is 11.7 Å². The van der Waals surface area contributed by atoms with Crippen molar-refractivity contribution in [1.82, 2.24) is 4.98 Å². The van der Waals surface area contributed by atoms with Gasteiger partial charge < -0.3 is 19.8 Å². The number of β-amino-alcohol motifs (C(OH)–C–C–N with tert-alkyl or cyclic N) is 1. The van der Waals surface area contributed by atoms with E-state index in [2.05, 4.69) is 4.98 Å². The number of hydrogen-bond donors (Lipinski definition) is 2. The number of hydrogen-bond acceptors (Lipinski definition) is 5. The van der Waals surface area contributed by atoms with Gasteiger partial charge in [-0.3, -0.25) is 0 Å². The van der Waals surface area contributed by atoms with Crippen molar-refractivity contribution in [2.24, 2.45) is 0 Å². The van der Waals surface area contributed by atoms with Gasteiger partial charge in [0.25, 0.3) is 0 Å². The van der Waals surface area contributed by atoms with Crippen LogP contribution in [0.3, 0.4) is 0 Å². The molecule has 92 valence electrons. The molecule has 2 heterocycles. The lowest BCUT2D eigenvalue weighted by molar-refractivity contribution is 0.0217. The first-order valence-electron chi connectivity index (χ1n) is 5.27. The second-order valence-electron chi connectivity index (χ2n) is 3.93. The van der Waals surface area contributed by atoms with Gasteiger partial charge in [0.2, 0.25) is 0 Å². The topological polar surface area (TPSA) is 82.9 Å². The Morgan fingerprint density at radius 2 is 2.35 bits per heavy atom. The van der Waals surface area contributed by atoms with Gasteiger partial charge in [-0.1, -0.05) is 0 Å². The molecular weight excluding hydrogens is 224 g/mol. The van der Waals surface area contributed by atoms with E-state index >= 15 is 0 Å². The van der Waals surface area contributed by atoms with Crippen LogP contribution in [0.2, 0.25) is 0 Å². The van der Waals surface area contributed by atoms with E-state index in [4.69, 9.17) is 9.84 Å². The summed E-state index contributed by atoms with van der Waals surface area (Å²) in [6, 6.07) is 3.07. The summed E-state index contributed by atoms with van der Waals surface area (Å²) in [6.07, 6.45) is 0.608. The Hall–Kier alpha value is -1.66. The minimum Gasteiger partial charge on any atom is -0.478 e. The van der Waals surface area contributed by atoms with E-state index in [1.807, 2.05) is 0 Å². The summed E-state index contributed by atoms with van der Waals surface area (Å²) in [5.41, 5.74) is 0.136. The predicted octanol–water partition coefficient (Wildman–Crippen LogP) is -0.0243. The van der Waals surface area contributed by atoms with Crippen molar-refractivity contribution in [1.29, 1.82) is 0 Å². The van der Waals surface area contributed by atoms with E-state index in [0.717, 1.165) is 0 Å². The maximum Gasteiger partial charge on any atom is 0.339 e. The zero-order chi connectivity index (χ0) is 12.4. The maximum atomic E-state index is 11.1. The molecule has 0 aliphatic carbocycles. The number of anilines is 1. The number of pyridine rings is 1. The smallest absolute Gasteiger partial charge is 0.339 e. The third kappa shape index (κ3) is 2.22. The SMILES string of the molecule is CO[C@H]1CN(c2ncccc2C(=O)O)C[C@H]1O. The number of methoxy groups -OCH3 is 1. The number of aromatic nitrogens is 1. The molecule has 1 aliphatic heterocycles. The van der Waals surface area contributed by atoms with Crippen LogP contribution in [-0.4, -0.2) is 53.6 Å². The molecule has 2 atom stereocenters. The molecule has 0 bridgehead atoms. The van der Waals surface area contributed by atoms with Gasteiger partial charge in [0.15, 0.2) is 0 Å². The van der Waals surface area contributed by atoms with Crippen molar-refractivity contribution in [3.8, 4) is 0 Å².